The van der Waals surface area contributed by atoms with E-state index < -0.39 is 18.1 Å². The van der Waals surface area contributed by atoms with Crippen molar-refractivity contribution in [2.75, 3.05) is 76.2 Å². The number of para-hydroxylation sites is 2. The number of amides is 2. The number of aryl methyl sites for hydroxylation is 2. The molecule has 3 aromatic carbocycles. The van der Waals surface area contributed by atoms with E-state index in [2.05, 4.69) is 27.2 Å². The van der Waals surface area contributed by atoms with E-state index in [-0.39, 0.29) is 24.6 Å². The number of benzene rings is 3. The minimum Gasteiger partial charge on any atom is -0.490 e. The highest BCUT2D eigenvalue weighted by atomic mass is 19.1. The van der Waals surface area contributed by atoms with Gasteiger partial charge >= 0.3 is 6.09 Å². The molecule has 0 saturated carbocycles. The summed E-state index contributed by atoms with van der Waals surface area (Å²) in [5.74, 6) is -0.0536. The second-order valence-corrected chi connectivity index (χ2v) is 13.1. The summed E-state index contributed by atoms with van der Waals surface area (Å²) < 4.78 is 27.3. The fourth-order valence-electron chi connectivity index (χ4n) is 6.46. The van der Waals surface area contributed by atoms with Crippen molar-refractivity contribution in [3.8, 4) is 5.75 Å². The lowest BCUT2D eigenvalue weighted by atomic mass is 10.1. The SMILES string of the molecule is CCN(CC)C(=O)CCN1C(Nc2ccc(OCCCN3CCN(C)CC3)c(F)c2)=NC=CC1OC(=O)N(c1ccccc1)c1c(C)cccc1C. The number of likely N-dealkylation sites (N-methyl/N-ethyl adjacent to an activating group) is 1. The second kappa shape index (κ2) is 18.5. The van der Waals surface area contributed by atoms with E-state index >= 15 is 4.39 Å². The summed E-state index contributed by atoms with van der Waals surface area (Å²) in [6.45, 7) is 14.6. The number of carbonyl (C=O) groups excluding carboxylic acids is 2. The van der Waals surface area contributed by atoms with Gasteiger partial charge in [0, 0.05) is 76.7 Å². The number of rotatable bonds is 14. The topological polar surface area (TPSA) is 93.2 Å². The Kier molecular flexibility index (Phi) is 13.6. The fraction of sp³-hybridized carbons (Fsp3) is 0.425. The molecule has 2 amide bonds. The number of anilines is 3. The summed E-state index contributed by atoms with van der Waals surface area (Å²) in [5.41, 5.74) is 3.64. The predicted octanol–water partition coefficient (Wildman–Crippen LogP) is 6.62. The van der Waals surface area contributed by atoms with Gasteiger partial charge in [-0.3, -0.25) is 4.79 Å². The van der Waals surface area contributed by atoms with Gasteiger partial charge < -0.3 is 34.4 Å². The van der Waals surface area contributed by atoms with E-state index in [0.717, 1.165) is 56.0 Å². The quantitative estimate of drug-likeness (QED) is 0.187. The molecule has 0 radical (unpaired) electrons. The zero-order valence-electron chi connectivity index (χ0n) is 31.1. The normalized spacial score (nSPS) is 16.3. The molecule has 3 aromatic rings. The Labute approximate surface area is 307 Å². The highest BCUT2D eigenvalue weighted by molar-refractivity contribution is 5.99. The van der Waals surface area contributed by atoms with Crippen LogP contribution in [0.3, 0.4) is 0 Å². The van der Waals surface area contributed by atoms with E-state index in [1.807, 2.05) is 76.2 Å². The first-order valence-electron chi connectivity index (χ1n) is 18.2. The number of nitrogens with zero attached hydrogens (tertiary/aromatic N) is 6. The number of hydrogen-bond donors (Lipinski definition) is 1. The molecule has 12 heteroatoms. The zero-order chi connectivity index (χ0) is 37.0. The van der Waals surface area contributed by atoms with Gasteiger partial charge in [0.15, 0.2) is 11.6 Å². The maximum atomic E-state index is 15.3. The summed E-state index contributed by atoms with van der Waals surface area (Å²) in [6.07, 6.45) is 2.65. The Bertz CT molecular complexity index is 1690. The van der Waals surface area contributed by atoms with Gasteiger partial charge in [-0.1, -0.05) is 36.4 Å². The van der Waals surface area contributed by atoms with Gasteiger partial charge in [0.05, 0.1) is 18.0 Å². The first-order valence-corrected chi connectivity index (χ1v) is 18.2. The van der Waals surface area contributed by atoms with Crippen molar-refractivity contribution in [1.82, 2.24) is 19.6 Å². The number of aliphatic imine (C=N–C) groups is 1. The van der Waals surface area contributed by atoms with Gasteiger partial charge in [0.2, 0.25) is 18.1 Å². The molecule has 11 nitrogen and oxygen atoms in total. The molecule has 0 aromatic heterocycles. The number of hydrogen-bond acceptors (Lipinski definition) is 9. The average Bonchev–Trinajstić information content (AvgIpc) is 3.13. The predicted molar refractivity (Wildman–Crippen MR) is 205 cm³/mol. The van der Waals surface area contributed by atoms with Gasteiger partial charge in [-0.05, 0) is 82.6 Å². The molecule has 2 heterocycles. The van der Waals surface area contributed by atoms with Crippen molar-refractivity contribution in [3.05, 3.63) is 96.0 Å². The third kappa shape index (κ3) is 9.89. The Hall–Kier alpha value is -4.94. The number of nitrogens with one attached hydrogen (secondary N) is 1. The zero-order valence-corrected chi connectivity index (χ0v) is 31.1. The smallest absolute Gasteiger partial charge is 0.421 e. The van der Waals surface area contributed by atoms with E-state index in [4.69, 9.17) is 9.47 Å². The summed E-state index contributed by atoms with van der Waals surface area (Å²) in [7, 11) is 2.13. The minimum absolute atomic E-state index is 0.0365. The molecule has 1 unspecified atom stereocenters. The molecule has 0 bridgehead atoms. The van der Waals surface area contributed by atoms with E-state index in [1.165, 1.54) is 6.07 Å². The van der Waals surface area contributed by atoms with Crippen molar-refractivity contribution in [1.29, 1.82) is 0 Å². The Morgan fingerprint density at radius 1 is 0.942 bits per heavy atom. The van der Waals surface area contributed by atoms with Crippen LogP contribution in [0.5, 0.6) is 5.75 Å². The number of piperazine rings is 1. The van der Waals surface area contributed by atoms with Gasteiger partial charge in [-0.15, -0.1) is 0 Å². The largest absolute Gasteiger partial charge is 0.490 e. The molecule has 1 atom stereocenters. The summed E-state index contributed by atoms with van der Waals surface area (Å²) in [5, 5.41) is 3.20. The summed E-state index contributed by atoms with van der Waals surface area (Å²) in [6, 6.07) is 19.9. The Balaban J connectivity index is 1.32. The number of guanidine groups is 1. The molecule has 52 heavy (non-hydrogen) atoms. The molecule has 5 rings (SSSR count). The average molecular weight is 714 g/mol. The lowest BCUT2D eigenvalue weighted by molar-refractivity contribution is -0.131. The third-order valence-electron chi connectivity index (χ3n) is 9.45. The number of halogens is 1. The van der Waals surface area contributed by atoms with Gasteiger partial charge in [-0.2, -0.15) is 0 Å². The van der Waals surface area contributed by atoms with Crippen LogP contribution >= 0.6 is 0 Å². The van der Waals surface area contributed by atoms with Crippen molar-refractivity contribution in [3.63, 3.8) is 0 Å². The van der Waals surface area contributed by atoms with Crippen LogP contribution in [0, 0.1) is 19.7 Å². The molecule has 2 aliphatic heterocycles. The molecule has 1 fully saturated rings. The van der Waals surface area contributed by atoms with Crippen molar-refractivity contribution in [2.24, 2.45) is 4.99 Å². The fourth-order valence-corrected chi connectivity index (χ4v) is 6.46. The van der Waals surface area contributed by atoms with Crippen LogP contribution < -0.4 is 15.0 Å². The van der Waals surface area contributed by atoms with Crippen molar-refractivity contribution in [2.45, 2.75) is 46.8 Å². The van der Waals surface area contributed by atoms with Crippen molar-refractivity contribution < 1.29 is 23.5 Å². The van der Waals surface area contributed by atoms with Crippen LogP contribution in [0.15, 0.2) is 84.0 Å². The van der Waals surface area contributed by atoms with Crippen LogP contribution in [-0.4, -0.2) is 110 Å². The van der Waals surface area contributed by atoms with Crippen LogP contribution in [0.1, 0.15) is 37.8 Å². The van der Waals surface area contributed by atoms with Crippen molar-refractivity contribution >= 4 is 35.0 Å². The molecule has 0 spiro atoms. The van der Waals surface area contributed by atoms with Crippen LogP contribution in [-0.2, 0) is 9.53 Å². The van der Waals surface area contributed by atoms with Crippen LogP contribution in [0.25, 0.3) is 0 Å². The standard InChI is InChI=1S/C40H52FN7O4/c1-6-46(7-2)36(49)20-23-47-37(52-40(50)48(33-15-9-8-10-16-33)38-30(3)13-11-14-31(38)4)19-21-42-39(47)43-32-17-18-35(34(41)29-32)51-28-12-22-45-26-24-44(5)25-27-45/h8-11,13-19,21,29,37H,6-7,12,20,22-28H2,1-5H3,(H,42,43). The molecular formula is C40H52FN7O4. The minimum atomic E-state index is -0.916. The Morgan fingerprint density at radius 3 is 2.33 bits per heavy atom. The van der Waals surface area contributed by atoms with Crippen LogP contribution in [0.4, 0.5) is 26.2 Å². The Morgan fingerprint density at radius 2 is 1.65 bits per heavy atom. The highest BCUT2D eigenvalue weighted by Crippen LogP contribution is 2.33. The molecule has 278 valence electrons. The summed E-state index contributed by atoms with van der Waals surface area (Å²) in [4.78, 5) is 41.6. The maximum absolute atomic E-state index is 15.3. The van der Waals surface area contributed by atoms with Gasteiger partial charge in [-0.25, -0.2) is 19.1 Å². The second-order valence-electron chi connectivity index (χ2n) is 13.1. The monoisotopic (exact) mass is 713 g/mol. The van der Waals surface area contributed by atoms with Gasteiger partial charge in [0.1, 0.15) is 0 Å². The number of carbonyl (C=O) groups is 2. The molecular weight excluding hydrogens is 661 g/mol. The first kappa shape index (κ1) is 38.3. The van der Waals surface area contributed by atoms with E-state index in [0.29, 0.717) is 37.0 Å². The molecule has 0 aliphatic carbocycles. The highest BCUT2D eigenvalue weighted by Gasteiger charge is 2.31. The third-order valence-corrected chi connectivity index (χ3v) is 9.45. The molecule has 2 aliphatic rings. The van der Waals surface area contributed by atoms with E-state index in [9.17, 15) is 9.59 Å². The summed E-state index contributed by atoms with van der Waals surface area (Å²) >= 11 is 0. The molecule has 1 N–H and O–H groups in total. The maximum Gasteiger partial charge on any atom is 0.421 e. The molecule has 1 saturated heterocycles. The van der Waals surface area contributed by atoms with E-state index in [1.54, 1.807) is 39.1 Å². The van der Waals surface area contributed by atoms with Crippen LogP contribution in [0.2, 0.25) is 0 Å². The lowest BCUT2D eigenvalue weighted by Crippen LogP contribution is -2.49. The van der Waals surface area contributed by atoms with Gasteiger partial charge in [0.25, 0.3) is 0 Å². The number of ether oxygens (including phenoxy) is 2. The lowest BCUT2D eigenvalue weighted by Gasteiger charge is -2.36. The first-order chi connectivity index (χ1) is 25.2.